The summed E-state index contributed by atoms with van der Waals surface area (Å²) in [4.78, 5) is 12.5. The predicted molar refractivity (Wildman–Crippen MR) is 56.4 cm³/mol. The molecule has 2 rings (SSSR count). The molecule has 0 fully saturated rings. The summed E-state index contributed by atoms with van der Waals surface area (Å²) >= 11 is 0. The minimum absolute atomic E-state index is 0.0186. The lowest BCUT2D eigenvalue weighted by Gasteiger charge is -2.33. The first-order chi connectivity index (χ1) is 7.16. The molecule has 0 radical (unpaired) electrons. The van der Waals surface area contributed by atoms with Crippen LogP contribution in [0.25, 0.3) is 0 Å². The van der Waals surface area contributed by atoms with Gasteiger partial charge in [-0.25, -0.2) is 0 Å². The third-order valence-corrected chi connectivity index (χ3v) is 2.34. The molecule has 1 aromatic rings. The van der Waals surface area contributed by atoms with Crippen LogP contribution in [0.1, 0.15) is 6.92 Å². The maximum Gasteiger partial charge on any atom is 0.323 e. The molecule has 0 spiro atoms. The van der Waals surface area contributed by atoms with Crippen LogP contribution in [0.15, 0.2) is 24.3 Å². The Morgan fingerprint density at radius 1 is 1.60 bits per heavy atom. The van der Waals surface area contributed by atoms with Crippen molar-refractivity contribution in [2.45, 2.75) is 13.0 Å². The van der Waals surface area contributed by atoms with Gasteiger partial charge in [0, 0.05) is 0 Å². The average Bonchev–Trinajstić information content (AvgIpc) is 2.16. The lowest BCUT2D eigenvalue weighted by molar-refractivity contribution is -0.135. The number of anilines is 1. The van der Waals surface area contributed by atoms with Gasteiger partial charge in [0.05, 0.1) is 12.2 Å². The van der Waals surface area contributed by atoms with Crippen molar-refractivity contribution in [1.82, 2.24) is 0 Å². The SMILES string of the molecule is CC1CN(CC(=O)O)c2ccccc2O1. The fraction of sp³-hybridized carbons (Fsp3) is 0.364. The highest BCUT2D eigenvalue weighted by molar-refractivity contribution is 5.75. The highest BCUT2D eigenvalue weighted by Gasteiger charge is 2.23. The van der Waals surface area contributed by atoms with E-state index in [0.29, 0.717) is 6.54 Å². The number of hydrogen-bond acceptors (Lipinski definition) is 3. The van der Waals surface area contributed by atoms with E-state index in [0.717, 1.165) is 11.4 Å². The zero-order valence-electron chi connectivity index (χ0n) is 8.51. The van der Waals surface area contributed by atoms with Crippen molar-refractivity contribution in [1.29, 1.82) is 0 Å². The molecule has 0 saturated heterocycles. The molecule has 1 N–H and O–H groups in total. The van der Waals surface area contributed by atoms with Crippen molar-refractivity contribution >= 4 is 11.7 Å². The lowest BCUT2D eigenvalue weighted by Crippen LogP contribution is -2.41. The maximum atomic E-state index is 10.7. The van der Waals surface area contributed by atoms with Crippen LogP contribution < -0.4 is 9.64 Å². The first kappa shape index (κ1) is 9.83. The lowest BCUT2D eigenvalue weighted by atomic mass is 10.2. The van der Waals surface area contributed by atoms with E-state index in [1.165, 1.54) is 0 Å². The molecule has 1 aliphatic heterocycles. The highest BCUT2D eigenvalue weighted by atomic mass is 16.5. The van der Waals surface area contributed by atoms with Gasteiger partial charge in [0.2, 0.25) is 0 Å². The molecule has 1 aliphatic rings. The Kier molecular flexibility index (Phi) is 2.49. The molecule has 0 bridgehead atoms. The van der Waals surface area contributed by atoms with Gasteiger partial charge in [0.1, 0.15) is 18.4 Å². The second-order valence-electron chi connectivity index (χ2n) is 3.67. The summed E-state index contributed by atoms with van der Waals surface area (Å²) in [5.41, 5.74) is 0.859. The second kappa shape index (κ2) is 3.81. The number of rotatable bonds is 2. The van der Waals surface area contributed by atoms with Gasteiger partial charge in [-0.3, -0.25) is 4.79 Å². The van der Waals surface area contributed by atoms with Gasteiger partial charge < -0.3 is 14.7 Å². The Morgan fingerprint density at radius 3 is 3.07 bits per heavy atom. The van der Waals surface area contributed by atoms with Crippen molar-refractivity contribution < 1.29 is 14.6 Å². The van der Waals surface area contributed by atoms with E-state index in [1.807, 2.05) is 36.1 Å². The summed E-state index contributed by atoms with van der Waals surface area (Å²) in [6.45, 7) is 2.57. The van der Waals surface area contributed by atoms with Crippen molar-refractivity contribution in [3.05, 3.63) is 24.3 Å². The van der Waals surface area contributed by atoms with E-state index in [2.05, 4.69) is 0 Å². The van der Waals surface area contributed by atoms with Crippen LogP contribution in [-0.4, -0.2) is 30.3 Å². The molecule has 15 heavy (non-hydrogen) atoms. The fourth-order valence-electron chi connectivity index (χ4n) is 1.79. The zero-order chi connectivity index (χ0) is 10.8. The first-order valence-corrected chi connectivity index (χ1v) is 4.89. The molecule has 1 atom stereocenters. The average molecular weight is 207 g/mol. The van der Waals surface area contributed by atoms with Gasteiger partial charge in [-0.2, -0.15) is 0 Å². The number of benzene rings is 1. The van der Waals surface area contributed by atoms with Crippen LogP contribution >= 0.6 is 0 Å². The third kappa shape index (κ3) is 2.03. The highest BCUT2D eigenvalue weighted by Crippen LogP contribution is 2.32. The van der Waals surface area contributed by atoms with Crippen LogP contribution in [0, 0.1) is 0 Å². The topological polar surface area (TPSA) is 49.8 Å². The molecule has 0 amide bonds. The van der Waals surface area contributed by atoms with E-state index in [1.54, 1.807) is 0 Å². The van der Waals surface area contributed by atoms with E-state index >= 15 is 0 Å². The molecule has 4 nitrogen and oxygen atoms in total. The molecule has 0 aromatic heterocycles. The summed E-state index contributed by atoms with van der Waals surface area (Å²) in [5, 5.41) is 8.80. The molecule has 4 heteroatoms. The fourth-order valence-corrected chi connectivity index (χ4v) is 1.79. The van der Waals surface area contributed by atoms with Crippen molar-refractivity contribution in [2.75, 3.05) is 18.0 Å². The third-order valence-electron chi connectivity index (χ3n) is 2.34. The van der Waals surface area contributed by atoms with Gasteiger partial charge in [-0.1, -0.05) is 12.1 Å². The molecule has 1 heterocycles. The molecule has 1 aromatic carbocycles. The Morgan fingerprint density at radius 2 is 2.33 bits per heavy atom. The Bertz CT molecular complexity index is 378. The Balaban J connectivity index is 2.29. The quantitative estimate of drug-likeness (QED) is 0.795. The predicted octanol–water partition coefficient (Wildman–Crippen LogP) is 1.36. The van der Waals surface area contributed by atoms with E-state index in [4.69, 9.17) is 9.84 Å². The molecule has 0 saturated carbocycles. The van der Waals surface area contributed by atoms with Gasteiger partial charge in [-0.15, -0.1) is 0 Å². The number of carboxylic acids is 1. The van der Waals surface area contributed by atoms with Gasteiger partial charge in [-0.05, 0) is 19.1 Å². The van der Waals surface area contributed by atoms with E-state index in [-0.39, 0.29) is 12.6 Å². The molecular formula is C11H13NO3. The van der Waals surface area contributed by atoms with Crippen molar-refractivity contribution in [3.63, 3.8) is 0 Å². The van der Waals surface area contributed by atoms with Crippen LogP contribution in [0.3, 0.4) is 0 Å². The van der Waals surface area contributed by atoms with Crippen LogP contribution in [0.4, 0.5) is 5.69 Å². The standard InChI is InChI=1S/C11H13NO3/c1-8-6-12(7-11(13)14)9-4-2-3-5-10(9)15-8/h2-5,8H,6-7H2,1H3,(H,13,14). The number of carbonyl (C=O) groups is 1. The van der Waals surface area contributed by atoms with E-state index < -0.39 is 5.97 Å². The normalized spacial score (nSPS) is 19.3. The van der Waals surface area contributed by atoms with Crippen LogP contribution in [0.5, 0.6) is 5.75 Å². The van der Waals surface area contributed by atoms with Crippen LogP contribution in [0.2, 0.25) is 0 Å². The van der Waals surface area contributed by atoms with Crippen molar-refractivity contribution in [2.24, 2.45) is 0 Å². The minimum atomic E-state index is -0.820. The Labute approximate surface area is 88.1 Å². The van der Waals surface area contributed by atoms with Gasteiger partial charge in [0.15, 0.2) is 0 Å². The molecule has 0 aliphatic carbocycles. The number of aliphatic carboxylic acids is 1. The summed E-state index contributed by atoms with van der Waals surface area (Å²) in [6, 6.07) is 7.51. The van der Waals surface area contributed by atoms with Gasteiger partial charge >= 0.3 is 5.97 Å². The largest absolute Gasteiger partial charge is 0.487 e. The molecule has 80 valence electrons. The summed E-state index contributed by atoms with van der Waals surface area (Å²) in [5.74, 6) is -0.0589. The van der Waals surface area contributed by atoms with Gasteiger partial charge in [0.25, 0.3) is 0 Å². The molecule has 1 unspecified atom stereocenters. The smallest absolute Gasteiger partial charge is 0.323 e. The number of ether oxygens (including phenoxy) is 1. The maximum absolute atomic E-state index is 10.7. The Hall–Kier alpha value is -1.71. The summed E-state index contributed by atoms with van der Waals surface area (Å²) in [7, 11) is 0. The summed E-state index contributed by atoms with van der Waals surface area (Å²) in [6.07, 6.45) is 0.0271. The summed E-state index contributed by atoms with van der Waals surface area (Å²) < 4.78 is 5.61. The zero-order valence-corrected chi connectivity index (χ0v) is 8.51. The number of para-hydroxylation sites is 2. The molecular weight excluding hydrogens is 194 g/mol. The first-order valence-electron chi connectivity index (χ1n) is 4.89. The number of carboxylic acid groups (broad SMARTS) is 1. The number of fused-ring (bicyclic) bond motifs is 1. The number of nitrogens with zero attached hydrogens (tertiary/aromatic N) is 1. The van der Waals surface area contributed by atoms with Crippen LogP contribution in [-0.2, 0) is 4.79 Å². The van der Waals surface area contributed by atoms with E-state index in [9.17, 15) is 4.79 Å². The number of hydrogen-bond donors (Lipinski definition) is 1. The monoisotopic (exact) mass is 207 g/mol. The second-order valence-corrected chi connectivity index (χ2v) is 3.67. The minimum Gasteiger partial charge on any atom is -0.487 e. The van der Waals surface area contributed by atoms with Crippen molar-refractivity contribution in [3.8, 4) is 5.75 Å².